The molecule has 0 bridgehead atoms. The van der Waals surface area contributed by atoms with Crippen LogP contribution in [0.4, 0.5) is 0 Å². The smallest absolute Gasteiger partial charge is 0.334 e. The van der Waals surface area contributed by atoms with Crippen LogP contribution in [0.1, 0.15) is 13.8 Å². The molecule has 0 aliphatic rings. The Morgan fingerprint density at radius 1 is 1.42 bits per heavy atom. The number of ether oxygens (including phenoxy) is 1. The number of hydrogen-bond donors (Lipinski definition) is 0. The van der Waals surface area contributed by atoms with Gasteiger partial charge in [-0.2, -0.15) is 0 Å². The summed E-state index contributed by atoms with van der Waals surface area (Å²) >= 11 is 0. The monoisotopic (exact) mass is 171 g/mol. The zero-order chi connectivity index (χ0) is 9.56. The molecule has 3 nitrogen and oxygen atoms in total. The molecule has 12 heavy (non-hydrogen) atoms. The van der Waals surface area contributed by atoms with E-state index >= 15 is 0 Å². The first-order valence-corrected chi connectivity index (χ1v) is 4.14. The number of likely N-dealkylation sites (N-methyl/N-ethyl adjacent to an activating group) is 1. The fraction of sp³-hybridized carbons (Fsp3) is 0.667. The van der Waals surface area contributed by atoms with Gasteiger partial charge in [0.25, 0.3) is 0 Å². The molecule has 0 radical (unpaired) electrons. The van der Waals surface area contributed by atoms with Crippen molar-refractivity contribution >= 4 is 5.97 Å². The predicted molar refractivity (Wildman–Crippen MR) is 48.9 cm³/mol. The Morgan fingerprint density at radius 3 is 2.25 bits per heavy atom. The number of rotatable bonds is 5. The van der Waals surface area contributed by atoms with Crippen LogP contribution in [0.25, 0.3) is 0 Å². The Morgan fingerprint density at radius 2 is 1.92 bits per heavy atom. The van der Waals surface area contributed by atoms with E-state index in [4.69, 9.17) is 0 Å². The summed E-state index contributed by atoms with van der Waals surface area (Å²) < 4.78 is 4.54. The van der Waals surface area contributed by atoms with Crippen molar-refractivity contribution in [1.29, 1.82) is 0 Å². The maximum Gasteiger partial charge on any atom is 0.334 e. The highest BCUT2D eigenvalue weighted by Crippen LogP contribution is 1.98. The number of carbonyl (C=O) groups excluding carboxylic acids is 1. The minimum atomic E-state index is -0.318. The Kier molecular flexibility index (Phi) is 5.37. The fourth-order valence-electron chi connectivity index (χ4n) is 0.926. The molecule has 0 amide bonds. The summed E-state index contributed by atoms with van der Waals surface area (Å²) in [7, 11) is 1.37. The average Bonchev–Trinajstić information content (AvgIpc) is 2.12. The summed E-state index contributed by atoms with van der Waals surface area (Å²) in [6.45, 7) is 10.2. The second-order valence-corrected chi connectivity index (χ2v) is 2.56. The van der Waals surface area contributed by atoms with Gasteiger partial charge in [-0.15, -0.1) is 0 Å². The first kappa shape index (κ1) is 11.2. The van der Waals surface area contributed by atoms with Gasteiger partial charge in [0.2, 0.25) is 0 Å². The van der Waals surface area contributed by atoms with Gasteiger partial charge in [0, 0.05) is 12.1 Å². The van der Waals surface area contributed by atoms with Crippen molar-refractivity contribution in [1.82, 2.24) is 4.90 Å². The molecule has 0 saturated carbocycles. The van der Waals surface area contributed by atoms with E-state index in [-0.39, 0.29) is 5.97 Å². The minimum absolute atomic E-state index is 0.318. The van der Waals surface area contributed by atoms with Crippen molar-refractivity contribution in [3.05, 3.63) is 12.2 Å². The van der Waals surface area contributed by atoms with E-state index in [0.29, 0.717) is 12.1 Å². The van der Waals surface area contributed by atoms with Crippen LogP contribution < -0.4 is 0 Å². The zero-order valence-electron chi connectivity index (χ0n) is 8.09. The van der Waals surface area contributed by atoms with Crippen LogP contribution in [0, 0.1) is 0 Å². The van der Waals surface area contributed by atoms with Gasteiger partial charge >= 0.3 is 5.97 Å². The van der Waals surface area contributed by atoms with Gasteiger partial charge in [0.15, 0.2) is 0 Å². The van der Waals surface area contributed by atoms with Crippen LogP contribution in [0.15, 0.2) is 12.2 Å². The number of methoxy groups -OCH3 is 1. The lowest BCUT2D eigenvalue weighted by Crippen LogP contribution is -2.27. The highest BCUT2D eigenvalue weighted by atomic mass is 16.5. The van der Waals surface area contributed by atoms with Crippen molar-refractivity contribution in [3.63, 3.8) is 0 Å². The molecular formula is C9H17NO2. The number of hydrogen-bond acceptors (Lipinski definition) is 3. The van der Waals surface area contributed by atoms with Gasteiger partial charge in [-0.1, -0.05) is 20.4 Å². The van der Waals surface area contributed by atoms with Gasteiger partial charge in [-0.25, -0.2) is 4.79 Å². The van der Waals surface area contributed by atoms with Crippen molar-refractivity contribution in [2.45, 2.75) is 13.8 Å². The molecule has 0 aliphatic heterocycles. The van der Waals surface area contributed by atoms with Crippen molar-refractivity contribution in [3.8, 4) is 0 Å². The van der Waals surface area contributed by atoms with Crippen LogP contribution in [0.2, 0.25) is 0 Å². The molecule has 0 aromatic carbocycles. The standard InChI is InChI=1S/C9H17NO2/c1-5-10(6-2)7-8(3)9(11)12-4/h3,5-7H2,1-2,4H3. The van der Waals surface area contributed by atoms with Crippen LogP contribution in [-0.4, -0.2) is 37.6 Å². The van der Waals surface area contributed by atoms with E-state index < -0.39 is 0 Å². The van der Waals surface area contributed by atoms with Crippen molar-refractivity contribution < 1.29 is 9.53 Å². The summed E-state index contributed by atoms with van der Waals surface area (Å²) in [5, 5.41) is 0. The molecule has 70 valence electrons. The SMILES string of the molecule is C=C(CN(CC)CC)C(=O)OC. The number of esters is 1. The van der Waals surface area contributed by atoms with Crippen molar-refractivity contribution in [2.24, 2.45) is 0 Å². The maximum absolute atomic E-state index is 10.9. The summed E-state index contributed by atoms with van der Waals surface area (Å²) in [6, 6.07) is 0. The molecule has 0 fully saturated rings. The molecule has 0 aliphatic carbocycles. The molecule has 0 N–H and O–H groups in total. The third-order valence-electron chi connectivity index (χ3n) is 1.78. The lowest BCUT2D eigenvalue weighted by molar-refractivity contribution is -0.136. The van der Waals surface area contributed by atoms with Gasteiger partial charge in [-0.3, -0.25) is 4.90 Å². The van der Waals surface area contributed by atoms with E-state index in [1.165, 1.54) is 7.11 Å². The topological polar surface area (TPSA) is 29.5 Å². The number of carbonyl (C=O) groups is 1. The van der Waals surface area contributed by atoms with Gasteiger partial charge in [0.1, 0.15) is 0 Å². The normalized spacial score (nSPS) is 10.0. The summed E-state index contributed by atoms with van der Waals surface area (Å²) in [5.74, 6) is -0.318. The third-order valence-corrected chi connectivity index (χ3v) is 1.78. The minimum Gasteiger partial charge on any atom is -0.466 e. The summed E-state index contributed by atoms with van der Waals surface area (Å²) in [6.07, 6.45) is 0. The second-order valence-electron chi connectivity index (χ2n) is 2.56. The summed E-state index contributed by atoms with van der Waals surface area (Å²) in [4.78, 5) is 13.0. The molecule has 0 heterocycles. The molecule has 0 spiro atoms. The average molecular weight is 171 g/mol. The molecule has 0 rings (SSSR count). The van der Waals surface area contributed by atoms with Crippen LogP contribution in [0.5, 0.6) is 0 Å². The highest BCUT2D eigenvalue weighted by Gasteiger charge is 2.09. The largest absolute Gasteiger partial charge is 0.466 e. The van der Waals surface area contributed by atoms with Gasteiger partial charge in [-0.05, 0) is 13.1 Å². The highest BCUT2D eigenvalue weighted by molar-refractivity contribution is 5.87. The molecule has 3 heteroatoms. The molecule has 0 saturated heterocycles. The van der Waals surface area contributed by atoms with E-state index in [1.807, 2.05) is 13.8 Å². The zero-order valence-corrected chi connectivity index (χ0v) is 8.09. The Balaban J connectivity index is 3.89. The van der Waals surface area contributed by atoms with E-state index in [9.17, 15) is 4.79 Å². The maximum atomic E-state index is 10.9. The van der Waals surface area contributed by atoms with E-state index in [0.717, 1.165) is 13.1 Å². The van der Waals surface area contributed by atoms with Crippen LogP contribution in [0.3, 0.4) is 0 Å². The first-order valence-electron chi connectivity index (χ1n) is 4.14. The molecule has 0 aromatic rings. The Labute approximate surface area is 74.0 Å². The van der Waals surface area contributed by atoms with E-state index in [2.05, 4.69) is 16.2 Å². The predicted octanol–water partition coefficient (Wildman–Crippen LogP) is 1.06. The molecule has 0 aromatic heterocycles. The third kappa shape index (κ3) is 3.53. The summed E-state index contributed by atoms with van der Waals surface area (Å²) in [5.41, 5.74) is 0.515. The van der Waals surface area contributed by atoms with Crippen LogP contribution >= 0.6 is 0 Å². The lowest BCUT2D eigenvalue weighted by Gasteiger charge is -2.17. The second kappa shape index (κ2) is 5.77. The van der Waals surface area contributed by atoms with E-state index in [1.54, 1.807) is 0 Å². The van der Waals surface area contributed by atoms with Gasteiger partial charge in [0.05, 0.1) is 7.11 Å². The molecule has 0 atom stereocenters. The Bertz CT molecular complexity index is 162. The first-order chi connectivity index (χ1) is 5.65. The Hall–Kier alpha value is -0.830. The number of nitrogens with zero attached hydrogens (tertiary/aromatic N) is 1. The van der Waals surface area contributed by atoms with Crippen LogP contribution in [-0.2, 0) is 9.53 Å². The van der Waals surface area contributed by atoms with Crippen molar-refractivity contribution in [2.75, 3.05) is 26.7 Å². The fourth-order valence-corrected chi connectivity index (χ4v) is 0.926. The lowest BCUT2D eigenvalue weighted by atomic mass is 10.3. The molecular weight excluding hydrogens is 154 g/mol. The van der Waals surface area contributed by atoms with Gasteiger partial charge < -0.3 is 4.74 Å². The molecule has 0 unspecified atom stereocenters. The quantitative estimate of drug-likeness (QED) is 0.457.